The number of unbranched alkanes of at least 4 members (excludes halogenated alkanes) is 17. The molecule has 6 nitrogen and oxygen atoms in total. The Bertz CT molecular complexity index is 1740. The molecule has 0 saturated heterocycles. The van der Waals surface area contributed by atoms with Crippen molar-refractivity contribution in [3.63, 3.8) is 0 Å². The summed E-state index contributed by atoms with van der Waals surface area (Å²) in [6.07, 6.45) is 92.6. The van der Waals surface area contributed by atoms with Crippen molar-refractivity contribution in [2.75, 3.05) is 13.2 Å². The Hall–Kier alpha value is -4.97. The number of rotatable bonds is 54. The predicted octanol–water partition coefficient (Wildman–Crippen LogP) is 21.3. The van der Waals surface area contributed by atoms with Crippen LogP contribution in [0, 0.1) is 0 Å². The first kappa shape index (κ1) is 72.0. The van der Waals surface area contributed by atoms with Crippen molar-refractivity contribution in [1.29, 1.82) is 0 Å². The summed E-state index contributed by atoms with van der Waals surface area (Å²) in [6, 6.07) is 0. The normalized spacial score (nSPS) is 13.2. The van der Waals surface area contributed by atoms with Gasteiger partial charge in [0, 0.05) is 19.3 Å². The molecule has 0 spiro atoms. The summed E-state index contributed by atoms with van der Waals surface area (Å²) in [5, 5.41) is 0. The number of hydrogen-bond acceptors (Lipinski definition) is 6. The minimum absolute atomic E-state index is 0.109. The molecule has 0 N–H and O–H groups in total. The van der Waals surface area contributed by atoms with Gasteiger partial charge in [0.1, 0.15) is 13.2 Å². The van der Waals surface area contributed by atoms with E-state index in [9.17, 15) is 14.4 Å². The molecule has 1 unspecified atom stereocenters. The second kappa shape index (κ2) is 63.6. The molecule has 77 heavy (non-hydrogen) atoms. The lowest BCUT2D eigenvalue weighted by atomic mass is 10.1. The lowest BCUT2D eigenvalue weighted by molar-refractivity contribution is -0.167. The fraction of sp³-hybridized carbons (Fsp3) is 0.592. The van der Waals surface area contributed by atoms with Crippen molar-refractivity contribution in [2.24, 2.45) is 0 Å². The SMILES string of the molecule is CC/C=C\C/C=C\C/C=C\C/C=C\C/C=C\C/C=C\C/C=C\CCCC(=O)OC(COC(=O)CCCCCCCCCCC)COC(=O)CCCCCCCCCC/C=C\C/C=C\C/C=C\C/C=C\C/C=C\C/C=C\CC. The highest BCUT2D eigenvalue weighted by Crippen LogP contribution is 2.14. The largest absolute Gasteiger partial charge is 0.462 e. The first-order chi connectivity index (χ1) is 38.0. The smallest absolute Gasteiger partial charge is 0.306 e. The highest BCUT2D eigenvalue weighted by molar-refractivity contribution is 5.71. The third-order valence-electron chi connectivity index (χ3n) is 12.5. The summed E-state index contributed by atoms with van der Waals surface area (Å²) in [6.45, 7) is 6.33. The summed E-state index contributed by atoms with van der Waals surface area (Å²) in [5.41, 5.74) is 0. The van der Waals surface area contributed by atoms with Crippen LogP contribution in [0.25, 0.3) is 0 Å². The van der Waals surface area contributed by atoms with Crippen molar-refractivity contribution < 1.29 is 28.6 Å². The van der Waals surface area contributed by atoms with Crippen molar-refractivity contribution in [2.45, 2.75) is 258 Å². The fourth-order valence-corrected chi connectivity index (χ4v) is 7.96. The zero-order valence-electron chi connectivity index (χ0n) is 49.4. The van der Waals surface area contributed by atoms with E-state index in [1.807, 2.05) is 0 Å². The van der Waals surface area contributed by atoms with Crippen LogP contribution in [0.3, 0.4) is 0 Å². The van der Waals surface area contributed by atoms with E-state index < -0.39 is 6.10 Å². The lowest BCUT2D eigenvalue weighted by Gasteiger charge is -2.18. The van der Waals surface area contributed by atoms with E-state index in [2.05, 4.69) is 179 Å². The molecule has 0 amide bonds. The summed E-state index contributed by atoms with van der Waals surface area (Å²) in [7, 11) is 0. The molecule has 0 fully saturated rings. The molecule has 0 aromatic carbocycles. The molecule has 0 aliphatic rings. The van der Waals surface area contributed by atoms with Gasteiger partial charge >= 0.3 is 17.9 Å². The molecule has 0 aliphatic carbocycles. The molecule has 0 aromatic heterocycles. The standard InChI is InChI=1S/C71H112O6/c1-4-7-10-13-16-19-21-23-25-27-29-31-33-34-35-36-38-39-41-43-45-47-49-52-55-58-61-64-70(73)76-67-68(66-75-69(72)63-60-57-54-51-18-15-12-9-6-3)77-71(74)65-62-59-56-53-50-48-46-44-42-40-37-32-30-28-26-24-22-20-17-14-11-8-5-2/h7-8,10-11,16-17,19-20,23-26,29-32,34-35,38-40,42,46,48,53,56,68H,4-6,9,12-15,18,21-22,27-28,33,36-37,41,43-45,47,49-52,54-55,57-67H2,1-3H3/b10-7-,11-8-,19-16-,20-17-,25-23-,26-24-,31-29-,32-30-,35-34-,39-38-,42-40-,48-46-,56-53-. The number of hydrogen-bond donors (Lipinski definition) is 0. The second-order valence-corrected chi connectivity index (χ2v) is 19.9. The van der Waals surface area contributed by atoms with Gasteiger partial charge in [0.25, 0.3) is 0 Å². The highest BCUT2D eigenvalue weighted by Gasteiger charge is 2.19. The van der Waals surface area contributed by atoms with Crippen LogP contribution in [0.4, 0.5) is 0 Å². The third kappa shape index (κ3) is 61.8. The molecular formula is C71H112O6. The van der Waals surface area contributed by atoms with Gasteiger partial charge in [0.2, 0.25) is 0 Å². The van der Waals surface area contributed by atoms with Crippen molar-refractivity contribution in [1.82, 2.24) is 0 Å². The average Bonchev–Trinajstić information content (AvgIpc) is 3.43. The van der Waals surface area contributed by atoms with E-state index in [0.29, 0.717) is 19.3 Å². The van der Waals surface area contributed by atoms with E-state index in [-0.39, 0.29) is 37.5 Å². The Labute approximate surface area is 473 Å². The number of carbonyl (C=O) groups excluding carboxylic acids is 3. The molecule has 0 aromatic rings. The molecular weight excluding hydrogens is 949 g/mol. The molecule has 1 atom stereocenters. The number of ether oxygens (including phenoxy) is 3. The zero-order valence-corrected chi connectivity index (χ0v) is 49.4. The maximum Gasteiger partial charge on any atom is 0.306 e. The average molecular weight is 1060 g/mol. The van der Waals surface area contributed by atoms with Crippen LogP contribution in [-0.4, -0.2) is 37.2 Å². The van der Waals surface area contributed by atoms with Gasteiger partial charge in [-0.1, -0.05) is 269 Å². The summed E-state index contributed by atoms with van der Waals surface area (Å²) in [4.78, 5) is 38.1. The van der Waals surface area contributed by atoms with Crippen molar-refractivity contribution >= 4 is 17.9 Å². The minimum Gasteiger partial charge on any atom is -0.462 e. The Morgan fingerprint density at radius 1 is 0.273 bits per heavy atom. The van der Waals surface area contributed by atoms with E-state index in [1.165, 1.54) is 70.6 Å². The fourth-order valence-electron chi connectivity index (χ4n) is 7.96. The van der Waals surface area contributed by atoms with E-state index >= 15 is 0 Å². The lowest BCUT2D eigenvalue weighted by Crippen LogP contribution is -2.30. The number of allylic oxidation sites excluding steroid dienone is 26. The molecule has 0 bridgehead atoms. The Morgan fingerprint density at radius 3 is 0.831 bits per heavy atom. The van der Waals surface area contributed by atoms with Crippen LogP contribution in [0.1, 0.15) is 252 Å². The van der Waals surface area contributed by atoms with Gasteiger partial charge in [-0.2, -0.15) is 0 Å². The Kier molecular flexibility index (Phi) is 59.5. The van der Waals surface area contributed by atoms with Crippen LogP contribution in [-0.2, 0) is 28.6 Å². The van der Waals surface area contributed by atoms with Crippen LogP contribution in [0.15, 0.2) is 158 Å². The molecule has 0 saturated carbocycles. The van der Waals surface area contributed by atoms with Crippen LogP contribution < -0.4 is 0 Å². The Morgan fingerprint density at radius 2 is 0.519 bits per heavy atom. The molecule has 0 rings (SSSR count). The second-order valence-electron chi connectivity index (χ2n) is 19.9. The minimum atomic E-state index is -0.818. The maximum absolute atomic E-state index is 12.9. The summed E-state index contributed by atoms with van der Waals surface area (Å²) < 4.78 is 16.8. The van der Waals surface area contributed by atoms with Crippen LogP contribution >= 0.6 is 0 Å². The first-order valence-electron chi connectivity index (χ1n) is 31.0. The maximum atomic E-state index is 12.9. The van der Waals surface area contributed by atoms with Gasteiger partial charge in [-0.05, 0) is 122 Å². The Balaban J connectivity index is 4.38. The zero-order chi connectivity index (χ0) is 55.7. The van der Waals surface area contributed by atoms with Crippen molar-refractivity contribution in [3.8, 4) is 0 Å². The topological polar surface area (TPSA) is 78.9 Å². The van der Waals surface area contributed by atoms with Crippen LogP contribution in [0.5, 0.6) is 0 Å². The van der Waals surface area contributed by atoms with Crippen LogP contribution in [0.2, 0.25) is 0 Å². The van der Waals surface area contributed by atoms with Gasteiger partial charge in [0.05, 0.1) is 0 Å². The number of esters is 3. The first-order valence-corrected chi connectivity index (χ1v) is 31.0. The molecule has 432 valence electrons. The van der Waals surface area contributed by atoms with Gasteiger partial charge in [-0.3, -0.25) is 14.4 Å². The number of carbonyl (C=O) groups is 3. The molecule has 0 aliphatic heterocycles. The van der Waals surface area contributed by atoms with Gasteiger partial charge < -0.3 is 14.2 Å². The van der Waals surface area contributed by atoms with E-state index in [4.69, 9.17) is 14.2 Å². The quantitative estimate of drug-likeness (QED) is 0.0261. The highest BCUT2D eigenvalue weighted by atomic mass is 16.6. The van der Waals surface area contributed by atoms with Gasteiger partial charge in [0.15, 0.2) is 6.10 Å². The summed E-state index contributed by atoms with van der Waals surface area (Å²) in [5.74, 6) is -0.985. The summed E-state index contributed by atoms with van der Waals surface area (Å²) >= 11 is 0. The monoisotopic (exact) mass is 1060 g/mol. The van der Waals surface area contributed by atoms with E-state index in [1.54, 1.807) is 0 Å². The predicted molar refractivity (Wildman–Crippen MR) is 334 cm³/mol. The molecule has 6 heteroatoms. The third-order valence-corrected chi connectivity index (χ3v) is 12.5. The van der Waals surface area contributed by atoms with E-state index in [0.717, 1.165) is 135 Å². The molecule has 0 radical (unpaired) electrons. The van der Waals surface area contributed by atoms with Gasteiger partial charge in [-0.25, -0.2) is 0 Å². The molecule has 0 heterocycles. The van der Waals surface area contributed by atoms with Gasteiger partial charge in [-0.15, -0.1) is 0 Å². The van der Waals surface area contributed by atoms with Crippen molar-refractivity contribution in [3.05, 3.63) is 158 Å².